The summed E-state index contributed by atoms with van der Waals surface area (Å²) >= 11 is 1.65. The minimum atomic E-state index is -0.735. The average molecular weight is 288 g/mol. The molecule has 104 valence electrons. The van der Waals surface area contributed by atoms with Crippen molar-refractivity contribution in [1.29, 1.82) is 0 Å². The Labute approximate surface area is 121 Å². The lowest BCUT2D eigenvalue weighted by molar-refractivity contribution is -0.139. The van der Waals surface area contributed by atoms with Gasteiger partial charge in [0.05, 0.1) is 23.2 Å². The van der Waals surface area contributed by atoms with Crippen LogP contribution in [0.15, 0.2) is 29.6 Å². The van der Waals surface area contributed by atoms with E-state index in [-0.39, 0.29) is 5.92 Å². The smallest absolute Gasteiger partial charge is 0.311 e. The second-order valence-electron chi connectivity index (χ2n) is 5.02. The maximum atomic E-state index is 11.4. The molecule has 5 heteroatoms. The monoisotopic (exact) mass is 288 g/mol. The first-order valence-electron chi connectivity index (χ1n) is 6.63. The van der Waals surface area contributed by atoms with Gasteiger partial charge in [-0.2, -0.15) is 0 Å². The quantitative estimate of drug-likeness (QED) is 0.943. The van der Waals surface area contributed by atoms with Crippen molar-refractivity contribution in [3.63, 3.8) is 0 Å². The molecule has 0 amide bonds. The Bertz CT molecular complexity index is 638. The molecule has 1 N–H and O–H groups in total. The van der Waals surface area contributed by atoms with Crippen LogP contribution in [0.4, 0.5) is 5.69 Å². The van der Waals surface area contributed by atoms with E-state index in [0.29, 0.717) is 6.42 Å². The molecule has 20 heavy (non-hydrogen) atoms. The van der Waals surface area contributed by atoms with Gasteiger partial charge in [-0.25, -0.2) is 4.98 Å². The van der Waals surface area contributed by atoms with Crippen molar-refractivity contribution >= 4 is 23.0 Å². The summed E-state index contributed by atoms with van der Waals surface area (Å²) in [5, 5.41) is 12.5. The predicted molar refractivity (Wildman–Crippen MR) is 79.3 cm³/mol. The highest BCUT2D eigenvalue weighted by Crippen LogP contribution is 2.36. The maximum absolute atomic E-state index is 11.4. The lowest BCUT2D eigenvalue weighted by atomic mass is 9.90. The van der Waals surface area contributed by atoms with Gasteiger partial charge in [-0.05, 0) is 25.0 Å². The summed E-state index contributed by atoms with van der Waals surface area (Å²) in [6.45, 7) is 3.50. The fourth-order valence-corrected chi connectivity index (χ4v) is 3.33. The number of carboxylic acids is 1. The normalized spacial score (nSPS) is 17.9. The van der Waals surface area contributed by atoms with E-state index in [9.17, 15) is 9.90 Å². The van der Waals surface area contributed by atoms with Crippen LogP contribution in [-0.4, -0.2) is 22.6 Å². The van der Waals surface area contributed by atoms with E-state index in [1.54, 1.807) is 11.3 Å². The zero-order valence-corrected chi connectivity index (χ0v) is 12.1. The van der Waals surface area contributed by atoms with E-state index in [1.807, 2.05) is 31.2 Å². The number of hydrogen-bond donors (Lipinski definition) is 1. The standard InChI is InChI=1S/C15H16N2O2S/c1-10-16-11(9-20-10)8-17-7-6-13(15(18)19)12-4-2-3-5-14(12)17/h2-5,9,13H,6-8H2,1H3,(H,18,19). The summed E-state index contributed by atoms with van der Waals surface area (Å²) in [4.78, 5) is 18.1. The highest BCUT2D eigenvalue weighted by atomic mass is 32.1. The number of nitrogens with zero attached hydrogens (tertiary/aromatic N) is 2. The maximum Gasteiger partial charge on any atom is 0.311 e. The molecular formula is C15H16N2O2S. The minimum Gasteiger partial charge on any atom is -0.481 e. The van der Waals surface area contributed by atoms with Crippen molar-refractivity contribution < 1.29 is 9.90 Å². The summed E-state index contributed by atoms with van der Waals surface area (Å²) in [6, 6.07) is 7.80. The van der Waals surface area contributed by atoms with Gasteiger partial charge in [0.2, 0.25) is 0 Å². The highest BCUT2D eigenvalue weighted by Gasteiger charge is 2.29. The number of para-hydroxylation sites is 1. The molecular weight excluding hydrogens is 272 g/mol. The molecule has 2 heterocycles. The molecule has 0 aliphatic carbocycles. The molecule has 0 saturated carbocycles. The van der Waals surface area contributed by atoms with Crippen molar-refractivity contribution in [2.24, 2.45) is 0 Å². The molecule has 1 unspecified atom stereocenters. The summed E-state index contributed by atoms with van der Waals surface area (Å²) < 4.78 is 0. The van der Waals surface area contributed by atoms with Gasteiger partial charge in [-0.3, -0.25) is 4.79 Å². The summed E-state index contributed by atoms with van der Waals surface area (Å²) in [5.41, 5.74) is 2.99. The molecule has 0 radical (unpaired) electrons. The van der Waals surface area contributed by atoms with E-state index in [4.69, 9.17) is 0 Å². The minimum absolute atomic E-state index is 0.389. The lowest BCUT2D eigenvalue weighted by Gasteiger charge is -2.33. The third-order valence-corrected chi connectivity index (χ3v) is 4.48. The van der Waals surface area contributed by atoms with Crippen LogP contribution in [0.1, 0.15) is 28.6 Å². The van der Waals surface area contributed by atoms with Crippen LogP contribution in [0.25, 0.3) is 0 Å². The fourth-order valence-electron chi connectivity index (χ4n) is 2.73. The van der Waals surface area contributed by atoms with E-state index >= 15 is 0 Å². The molecule has 1 aliphatic heterocycles. The van der Waals surface area contributed by atoms with Gasteiger partial charge in [0.25, 0.3) is 0 Å². The zero-order valence-electron chi connectivity index (χ0n) is 11.2. The van der Waals surface area contributed by atoms with Gasteiger partial charge in [0.15, 0.2) is 0 Å². The Hall–Kier alpha value is -1.88. The first kappa shape index (κ1) is 13.1. The second kappa shape index (κ2) is 5.25. The van der Waals surface area contributed by atoms with Crippen LogP contribution in [0, 0.1) is 6.92 Å². The molecule has 0 saturated heterocycles. The topological polar surface area (TPSA) is 53.4 Å². The molecule has 2 aromatic rings. The molecule has 0 spiro atoms. The Kier molecular flexibility index (Phi) is 3.44. The van der Waals surface area contributed by atoms with Gasteiger partial charge < -0.3 is 10.0 Å². The van der Waals surface area contributed by atoms with Crippen molar-refractivity contribution in [3.05, 3.63) is 45.9 Å². The highest BCUT2D eigenvalue weighted by molar-refractivity contribution is 7.09. The third-order valence-electron chi connectivity index (χ3n) is 3.66. The van der Waals surface area contributed by atoms with Crippen LogP contribution >= 0.6 is 11.3 Å². The SMILES string of the molecule is Cc1nc(CN2CCC(C(=O)O)c3ccccc32)cs1. The van der Waals surface area contributed by atoms with Gasteiger partial charge in [0.1, 0.15) is 0 Å². The number of hydrogen-bond acceptors (Lipinski definition) is 4. The van der Waals surface area contributed by atoms with E-state index in [1.165, 1.54) is 0 Å². The van der Waals surface area contributed by atoms with Crippen LogP contribution < -0.4 is 4.90 Å². The first-order valence-corrected chi connectivity index (χ1v) is 7.51. The van der Waals surface area contributed by atoms with Crippen molar-refractivity contribution in [2.45, 2.75) is 25.8 Å². The molecule has 0 bridgehead atoms. The molecule has 4 nitrogen and oxygen atoms in total. The molecule has 1 atom stereocenters. The Morgan fingerprint density at radius 3 is 3.00 bits per heavy atom. The Morgan fingerprint density at radius 1 is 1.50 bits per heavy atom. The molecule has 3 rings (SSSR count). The number of aryl methyl sites for hydroxylation is 1. The number of aliphatic carboxylic acids is 1. The van der Waals surface area contributed by atoms with Crippen molar-refractivity contribution in [3.8, 4) is 0 Å². The van der Waals surface area contributed by atoms with Gasteiger partial charge >= 0.3 is 5.97 Å². The Morgan fingerprint density at radius 2 is 2.30 bits per heavy atom. The number of carbonyl (C=O) groups is 1. The predicted octanol–water partition coefficient (Wildman–Crippen LogP) is 3.03. The van der Waals surface area contributed by atoms with E-state index in [2.05, 4.69) is 15.3 Å². The van der Waals surface area contributed by atoms with E-state index in [0.717, 1.165) is 35.0 Å². The van der Waals surface area contributed by atoms with Crippen LogP contribution in [-0.2, 0) is 11.3 Å². The largest absolute Gasteiger partial charge is 0.481 e. The van der Waals surface area contributed by atoms with Crippen LogP contribution in [0.3, 0.4) is 0 Å². The molecule has 1 aromatic heterocycles. The fraction of sp³-hybridized carbons (Fsp3) is 0.333. The molecule has 1 aromatic carbocycles. The van der Waals surface area contributed by atoms with Crippen molar-refractivity contribution in [2.75, 3.05) is 11.4 Å². The number of benzene rings is 1. The summed E-state index contributed by atoms with van der Waals surface area (Å²) in [6.07, 6.45) is 0.648. The summed E-state index contributed by atoms with van der Waals surface area (Å²) in [7, 11) is 0. The number of anilines is 1. The zero-order chi connectivity index (χ0) is 14.1. The van der Waals surface area contributed by atoms with E-state index < -0.39 is 5.97 Å². The second-order valence-corrected chi connectivity index (χ2v) is 6.08. The lowest BCUT2D eigenvalue weighted by Crippen LogP contribution is -2.33. The summed E-state index contributed by atoms with van der Waals surface area (Å²) in [5.74, 6) is -1.12. The number of rotatable bonds is 3. The van der Waals surface area contributed by atoms with Gasteiger partial charge in [-0.1, -0.05) is 18.2 Å². The van der Waals surface area contributed by atoms with Crippen LogP contribution in [0.5, 0.6) is 0 Å². The molecule has 1 aliphatic rings. The number of thiazole rings is 1. The number of aromatic nitrogens is 1. The van der Waals surface area contributed by atoms with Gasteiger partial charge in [0, 0.05) is 17.6 Å². The number of fused-ring (bicyclic) bond motifs is 1. The van der Waals surface area contributed by atoms with Crippen LogP contribution in [0.2, 0.25) is 0 Å². The first-order chi connectivity index (χ1) is 9.65. The average Bonchev–Trinajstić information content (AvgIpc) is 2.84. The Balaban J connectivity index is 1.90. The van der Waals surface area contributed by atoms with Crippen molar-refractivity contribution in [1.82, 2.24) is 4.98 Å². The third kappa shape index (κ3) is 2.41. The van der Waals surface area contributed by atoms with Gasteiger partial charge in [-0.15, -0.1) is 11.3 Å². The number of carboxylic acid groups (broad SMARTS) is 1. The molecule has 0 fully saturated rings.